The highest BCUT2D eigenvalue weighted by molar-refractivity contribution is 9.10. The Morgan fingerprint density at radius 3 is 2.62 bits per heavy atom. The Morgan fingerprint density at radius 1 is 1.29 bits per heavy atom. The van der Waals surface area contributed by atoms with Crippen LogP contribution in [0.2, 0.25) is 0 Å². The van der Waals surface area contributed by atoms with Gasteiger partial charge in [-0.1, -0.05) is 22.4 Å². The van der Waals surface area contributed by atoms with Gasteiger partial charge in [-0.05, 0) is 55.0 Å². The van der Waals surface area contributed by atoms with Crippen LogP contribution in [-0.2, 0) is 16.6 Å². The summed E-state index contributed by atoms with van der Waals surface area (Å²) in [6.45, 7) is 2.58. The summed E-state index contributed by atoms with van der Waals surface area (Å²) in [4.78, 5) is 0.307. The van der Waals surface area contributed by atoms with Crippen LogP contribution in [0.1, 0.15) is 30.4 Å². The minimum Gasteiger partial charge on any atom is -0.326 e. The maximum Gasteiger partial charge on any atom is 0.240 e. The van der Waals surface area contributed by atoms with E-state index in [-0.39, 0.29) is 0 Å². The molecule has 0 aliphatic heterocycles. The SMILES string of the molecule is CSCCCCCNS(=O)(=O)c1cc(CN)cc(Br)c1C. The van der Waals surface area contributed by atoms with Gasteiger partial charge in [0.2, 0.25) is 10.0 Å². The normalized spacial score (nSPS) is 11.8. The van der Waals surface area contributed by atoms with Gasteiger partial charge in [-0.2, -0.15) is 11.8 Å². The lowest BCUT2D eigenvalue weighted by molar-refractivity contribution is 0.575. The monoisotopic (exact) mass is 394 g/mol. The molecule has 0 saturated carbocycles. The summed E-state index contributed by atoms with van der Waals surface area (Å²) in [5.74, 6) is 1.12. The molecule has 7 heteroatoms. The quantitative estimate of drug-likeness (QED) is 0.631. The van der Waals surface area contributed by atoms with E-state index in [1.807, 2.05) is 17.8 Å². The van der Waals surface area contributed by atoms with Gasteiger partial charge in [-0.15, -0.1) is 0 Å². The van der Waals surface area contributed by atoms with Gasteiger partial charge in [0.25, 0.3) is 0 Å². The van der Waals surface area contributed by atoms with Gasteiger partial charge in [0, 0.05) is 17.6 Å². The summed E-state index contributed by atoms with van der Waals surface area (Å²) in [7, 11) is -3.48. The molecule has 0 unspecified atom stereocenters. The number of sulfonamides is 1. The van der Waals surface area contributed by atoms with Crippen LogP contribution >= 0.6 is 27.7 Å². The van der Waals surface area contributed by atoms with Crippen LogP contribution < -0.4 is 10.5 Å². The van der Waals surface area contributed by atoms with Crippen LogP contribution in [0, 0.1) is 6.92 Å². The van der Waals surface area contributed by atoms with E-state index in [2.05, 4.69) is 26.9 Å². The third kappa shape index (κ3) is 5.90. The number of unbranched alkanes of at least 4 members (excludes halogenated alkanes) is 2. The molecule has 0 aromatic heterocycles. The first-order valence-electron chi connectivity index (χ1n) is 6.90. The molecule has 0 heterocycles. The average molecular weight is 395 g/mol. The Labute approximate surface area is 140 Å². The van der Waals surface area contributed by atoms with Crippen molar-refractivity contribution in [1.29, 1.82) is 0 Å². The van der Waals surface area contributed by atoms with Gasteiger partial charge in [0.05, 0.1) is 4.90 Å². The summed E-state index contributed by atoms with van der Waals surface area (Å²) in [6.07, 6.45) is 5.09. The second-order valence-corrected chi connectivity index (χ2v) is 8.43. The van der Waals surface area contributed by atoms with Crippen LogP contribution in [0.15, 0.2) is 21.5 Å². The Kier molecular flexibility index (Phi) is 8.26. The molecule has 0 spiro atoms. The number of nitrogens with two attached hydrogens (primary N) is 1. The lowest BCUT2D eigenvalue weighted by Crippen LogP contribution is -2.26. The Balaban J connectivity index is 2.72. The third-order valence-electron chi connectivity index (χ3n) is 3.20. The van der Waals surface area contributed by atoms with Gasteiger partial charge >= 0.3 is 0 Å². The van der Waals surface area contributed by atoms with Crippen LogP contribution in [0.3, 0.4) is 0 Å². The average Bonchev–Trinajstić information content (AvgIpc) is 2.45. The minimum absolute atomic E-state index is 0.307. The van der Waals surface area contributed by atoms with Crippen molar-refractivity contribution in [3.63, 3.8) is 0 Å². The number of halogens is 1. The lowest BCUT2D eigenvalue weighted by atomic mass is 10.1. The fourth-order valence-electron chi connectivity index (χ4n) is 1.94. The molecule has 0 aliphatic carbocycles. The molecule has 4 nitrogen and oxygen atoms in total. The predicted molar refractivity (Wildman–Crippen MR) is 94.2 cm³/mol. The van der Waals surface area contributed by atoms with Crippen molar-refractivity contribution in [2.24, 2.45) is 5.73 Å². The highest BCUT2D eigenvalue weighted by Crippen LogP contribution is 2.25. The van der Waals surface area contributed by atoms with Gasteiger partial charge in [0.1, 0.15) is 0 Å². The maximum absolute atomic E-state index is 12.4. The Bertz CT molecular complexity index is 562. The van der Waals surface area contributed by atoms with Crippen LogP contribution in [-0.4, -0.2) is 27.0 Å². The number of thioether (sulfide) groups is 1. The van der Waals surface area contributed by atoms with Crippen molar-refractivity contribution in [3.05, 3.63) is 27.7 Å². The maximum atomic E-state index is 12.4. The van der Waals surface area contributed by atoms with E-state index in [1.54, 1.807) is 13.0 Å². The zero-order chi connectivity index (χ0) is 15.9. The molecule has 21 heavy (non-hydrogen) atoms. The van der Waals surface area contributed by atoms with Crippen LogP contribution in [0.4, 0.5) is 0 Å². The number of hydrogen-bond donors (Lipinski definition) is 2. The van der Waals surface area contributed by atoms with Crippen LogP contribution in [0.5, 0.6) is 0 Å². The summed E-state index contributed by atoms with van der Waals surface area (Å²) < 4.78 is 28.2. The summed E-state index contributed by atoms with van der Waals surface area (Å²) in [5, 5.41) is 0. The molecule has 0 amide bonds. The Hall–Kier alpha value is -0.0800. The van der Waals surface area contributed by atoms with Gasteiger partial charge in [-0.25, -0.2) is 13.1 Å². The second kappa shape index (κ2) is 9.15. The van der Waals surface area contributed by atoms with Crippen molar-refractivity contribution in [2.45, 2.75) is 37.6 Å². The fraction of sp³-hybridized carbons (Fsp3) is 0.571. The van der Waals surface area contributed by atoms with Crippen molar-refractivity contribution in [2.75, 3.05) is 18.6 Å². The molecule has 1 aromatic carbocycles. The fourth-order valence-corrected chi connectivity index (χ4v) is 4.46. The first-order chi connectivity index (χ1) is 9.92. The highest BCUT2D eigenvalue weighted by atomic mass is 79.9. The zero-order valence-corrected chi connectivity index (χ0v) is 15.7. The van der Waals surface area contributed by atoms with Crippen molar-refractivity contribution in [3.8, 4) is 0 Å². The molecule has 0 saturated heterocycles. The van der Waals surface area contributed by atoms with Crippen LogP contribution in [0.25, 0.3) is 0 Å². The summed E-state index contributed by atoms with van der Waals surface area (Å²) >= 11 is 5.20. The summed E-state index contributed by atoms with van der Waals surface area (Å²) in [6, 6.07) is 3.51. The molecular formula is C14H23BrN2O2S2. The topological polar surface area (TPSA) is 72.2 Å². The first-order valence-corrected chi connectivity index (χ1v) is 10.6. The van der Waals surface area contributed by atoms with E-state index >= 15 is 0 Å². The lowest BCUT2D eigenvalue weighted by Gasteiger charge is -2.12. The molecule has 0 radical (unpaired) electrons. The molecule has 0 aliphatic rings. The number of rotatable bonds is 9. The molecule has 1 rings (SSSR count). The molecule has 0 atom stereocenters. The van der Waals surface area contributed by atoms with E-state index < -0.39 is 10.0 Å². The first kappa shape index (κ1) is 19.0. The Morgan fingerprint density at radius 2 is 2.00 bits per heavy atom. The van der Waals surface area contributed by atoms with E-state index in [9.17, 15) is 8.42 Å². The predicted octanol–water partition coefficient (Wildman–Crippen LogP) is 3.03. The van der Waals surface area contributed by atoms with E-state index in [4.69, 9.17) is 5.73 Å². The van der Waals surface area contributed by atoms with E-state index in [0.717, 1.165) is 35.1 Å². The van der Waals surface area contributed by atoms with E-state index in [1.165, 1.54) is 0 Å². The smallest absolute Gasteiger partial charge is 0.240 e. The molecule has 1 aromatic rings. The molecule has 0 fully saturated rings. The molecule has 120 valence electrons. The highest BCUT2D eigenvalue weighted by Gasteiger charge is 2.18. The van der Waals surface area contributed by atoms with Crippen molar-refractivity contribution in [1.82, 2.24) is 4.72 Å². The number of benzene rings is 1. The number of nitrogens with one attached hydrogen (secondary N) is 1. The third-order valence-corrected chi connectivity index (χ3v) is 6.31. The van der Waals surface area contributed by atoms with Gasteiger partial charge in [-0.3, -0.25) is 0 Å². The number of hydrogen-bond acceptors (Lipinski definition) is 4. The standard InChI is InChI=1S/C14H23BrN2O2S2/c1-11-13(15)8-12(10-16)9-14(11)21(18,19)17-6-4-3-5-7-20-2/h8-9,17H,3-7,10,16H2,1-2H3. The molecule has 3 N–H and O–H groups in total. The van der Waals surface area contributed by atoms with E-state index in [0.29, 0.717) is 23.5 Å². The zero-order valence-electron chi connectivity index (χ0n) is 12.5. The second-order valence-electron chi connectivity index (χ2n) is 4.86. The van der Waals surface area contributed by atoms with Gasteiger partial charge < -0.3 is 5.73 Å². The minimum atomic E-state index is -3.48. The van der Waals surface area contributed by atoms with Gasteiger partial charge in [0.15, 0.2) is 0 Å². The van der Waals surface area contributed by atoms with Crippen molar-refractivity contribution >= 4 is 37.7 Å². The molecular weight excluding hydrogens is 372 g/mol. The largest absolute Gasteiger partial charge is 0.326 e. The summed E-state index contributed by atoms with van der Waals surface area (Å²) in [5.41, 5.74) is 7.12. The molecule has 0 bridgehead atoms. The van der Waals surface area contributed by atoms with Crippen molar-refractivity contribution < 1.29 is 8.42 Å².